The van der Waals surface area contributed by atoms with Gasteiger partial charge in [0.25, 0.3) is 20.0 Å². The fourth-order valence-corrected chi connectivity index (χ4v) is 5.26. The van der Waals surface area contributed by atoms with Gasteiger partial charge in [0, 0.05) is 13.1 Å². The molecular formula is C22H18Cl2F2N4O6S2. The highest BCUT2D eigenvalue weighted by molar-refractivity contribution is 7.90. The maximum Gasteiger partial charge on any atom is 0.328 e. The van der Waals surface area contributed by atoms with Gasteiger partial charge in [-0.2, -0.15) is 0 Å². The third kappa shape index (κ3) is 7.77. The van der Waals surface area contributed by atoms with Crippen LogP contribution in [0, 0.1) is 11.6 Å². The Bertz CT molecular complexity index is 1470. The molecule has 0 heterocycles. The van der Waals surface area contributed by atoms with Crippen LogP contribution in [0.25, 0.3) is 0 Å². The number of carbonyl (C=O) groups excluding carboxylic acids is 2. The summed E-state index contributed by atoms with van der Waals surface area (Å²) < 4.78 is 79.0. The van der Waals surface area contributed by atoms with Gasteiger partial charge in [-0.15, -0.1) is 0 Å². The standard InChI is InChI=1S/C22H18Cl2F2N4O6S2/c23-17-9-15(5-7-19(17)25)37(33,34)29-21(31)27-11-13-1-2-14(4-3-13)12-28-22(32)30-38(35,36)16-6-8-20(26)18(24)10-16/h1-10H,11-12H2,(H2,27,29,31)(H2,28,30,32). The lowest BCUT2D eigenvalue weighted by atomic mass is 10.1. The maximum atomic E-state index is 13.2. The van der Waals surface area contributed by atoms with Crippen molar-refractivity contribution in [3.8, 4) is 0 Å². The fraction of sp³-hybridized carbons (Fsp3) is 0.0909. The highest BCUT2D eigenvalue weighted by Crippen LogP contribution is 2.20. The molecule has 4 amide bonds. The molecule has 202 valence electrons. The van der Waals surface area contributed by atoms with Crippen molar-refractivity contribution in [3.63, 3.8) is 0 Å². The van der Waals surface area contributed by atoms with Crippen LogP contribution in [-0.2, 0) is 33.1 Å². The lowest BCUT2D eigenvalue weighted by Crippen LogP contribution is -2.39. The first-order valence-electron chi connectivity index (χ1n) is 10.4. The number of rotatable bonds is 8. The molecule has 3 aromatic carbocycles. The van der Waals surface area contributed by atoms with Gasteiger partial charge >= 0.3 is 12.1 Å². The average Bonchev–Trinajstić information content (AvgIpc) is 2.84. The third-order valence-corrected chi connectivity index (χ3v) is 8.02. The molecule has 0 saturated heterocycles. The molecule has 38 heavy (non-hydrogen) atoms. The Balaban J connectivity index is 1.48. The Morgan fingerprint density at radius 2 is 0.974 bits per heavy atom. The molecule has 3 rings (SSSR count). The minimum absolute atomic E-state index is 0.0573. The highest BCUT2D eigenvalue weighted by Gasteiger charge is 2.20. The van der Waals surface area contributed by atoms with Crippen molar-refractivity contribution in [2.24, 2.45) is 0 Å². The topological polar surface area (TPSA) is 151 Å². The Kier molecular flexibility index (Phi) is 9.14. The Hall–Kier alpha value is -3.46. The Labute approximate surface area is 226 Å². The number of amides is 4. The van der Waals surface area contributed by atoms with Crippen LogP contribution in [0.2, 0.25) is 10.0 Å². The summed E-state index contributed by atoms with van der Waals surface area (Å²) >= 11 is 11.2. The Morgan fingerprint density at radius 1 is 0.632 bits per heavy atom. The number of nitrogens with one attached hydrogen (secondary N) is 4. The molecule has 0 aromatic heterocycles. The SMILES string of the molecule is O=C(NCc1ccc(CNC(=O)NS(=O)(=O)c2ccc(F)c(Cl)c2)cc1)NS(=O)(=O)c1ccc(F)c(Cl)c1. The molecule has 0 bridgehead atoms. The second-order valence-corrected chi connectivity index (χ2v) is 11.7. The van der Waals surface area contributed by atoms with E-state index < -0.39 is 63.6 Å². The first-order chi connectivity index (χ1) is 17.8. The van der Waals surface area contributed by atoms with Crippen molar-refractivity contribution in [2.75, 3.05) is 0 Å². The molecule has 0 saturated carbocycles. The van der Waals surface area contributed by atoms with Crippen molar-refractivity contribution in [1.29, 1.82) is 0 Å². The van der Waals surface area contributed by atoms with Crippen LogP contribution >= 0.6 is 23.2 Å². The minimum Gasteiger partial charge on any atom is -0.333 e. The van der Waals surface area contributed by atoms with Gasteiger partial charge < -0.3 is 10.6 Å². The maximum absolute atomic E-state index is 13.2. The molecule has 10 nitrogen and oxygen atoms in total. The van der Waals surface area contributed by atoms with Crippen molar-refractivity contribution in [2.45, 2.75) is 22.9 Å². The largest absolute Gasteiger partial charge is 0.333 e. The number of carbonyl (C=O) groups is 2. The van der Waals surface area contributed by atoms with Crippen LogP contribution in [0.1, 0.15) is 11.1 Å². The van der Waals surface area contributed by atoms with Crippen molar-refractivity contribution in [3.05, 3.63) is 93.5 Å². The zero-order valence-corrected chi connectivity index (χ0v) is 22.1. The van der Waals surface area contributed by atoms with Crippen LogP contribution in [0.3, 0.4) is 0 Å². The molecule has 0 spiro atoms. The molecule has 0 atom stereocenters. The van der Waals surface area contributed by atoms with Gasteiger partial charge in [0.15, 0.2) is 0 Å². The minimum atomic E-state index is -4.29. The smallest absolute Gasteiger partial charge is 0.328 e. The fourth-order valence-electron chi connectivity index (χ4n) is 2.86. The number of hydrogen-bond donors (Lipinski definition) is 4. The van der Waals surface area contributed by atoms with E-state index in [0.717, 1.165) is 36.4 Å². The lowest BCUT2D eigenvalue weighted by Gasteiger charge is -2.11. The van der Waals surface area contributed by atoms with Crippen molar-refractivity contribution in [1.82, 2.24) is 20.1 Å². The van der Waals surface area contributed by atoms with E-state index in [2.05, 4.69) is 10.6 Å². The molecule has 3 aromatic rings. The van der Waals surface area contributed by atoms with Crippen molar-refractivity contribution >= 4 is 55.3 Å². The number of halogens is 4. The number of hydrogen-bond acceptors (Lipinski definition) is 6. The molecular weight excluding hydrogens is 589 g/mol. The van der Waals surface area contributed by atoms with Gasteiger partial charge in [0.05, 0.1) is 19.8 Å². The molecule has 0 aliphatic heterocycles. The van der Waals surface area contributed by atoms with E-state index in [-0.39, 0.29) is 13.1 Å². The summed E-state index contributed by atoms with van der Waals surface area (Å²) in [4.78, 5) is 23.2. The van der Waals surface area contributed by atoms with E-state index >= 15 is 0 Å². The molecule has 0 aliphatic rings. The van der Waals surface area contributed by atoms with E-state index in [1.165, 1.54) is 0 Å². The van der Waals surface area contributed by atoms with Crippen LogP contribution in [0.15, 0.2) is 70.5 Å². The van der Waals surface area contributed by atoms with E-state index in [0.29, 0.717) is 11.1 Å². The predicted octanol–water partition coefficient (Wildman–Crippen LogP) is 3.65. The quantitative estimate of drug-likeness (QED) is 0.307. The van der Waals surface area contributed by atoms with Crippen molar-refractivity contribution < 1.29 is 35.2 Å². The summed E-state index contributed by atoms with van der Waals surface area (Å²) in [5, 5.41) is 3.87. The van der Waals surface area contributed by atoms with Gasteiger partial charge in [0.2, 0.25) is 0 Å². The summed E-state index contributed by atoms with van der Waals surface area (Å²) in [7, 11) is -8.57. The normalized spacial score (nSPS) is 11.5. The number of benzene rings is 3. The van der Waals surface area contributed by atoms with Crippen LogP contribution < -0.4 is 20.1 Å². The van der Waals surface area contributed by atoms with Crippen LogP contribution in [0.5, 0.6) is 0 Å². The average molecular weight is 607 g/mol. The van der Waals surface area contributed by atoms with E-state index in [9.17, 15) is 35.2 Å². The zero-order valence-electron chi connectivity index (χ0n) is 19.0. The highest BCUT2D eigenvalue weighted by atomic mass is 35.5. The Morgan fingerprint density at radius 3 is 1.29 bits per heavy atom. The molecule has 0 aliphatic carbocycles. The predicted molar refractivity (Wildman–Crippen MR) is 134 cm³/mol. The molecule has 16 heteroatoms. The number of sulfonamides is 2. The summed E-state index contributed by atoms with van der Waals surface area (Å²) in [5.41, 5.74) is 1.15. The van der Waals surface area contributed by atoms with E-state index in [1.807, 2.05) is 0 Å². The molecule has 0 radical (unpaired) electrons. The van der Waals surface area contributed by atoms with Gasteiger partial charge in [-0.3, -0.25) is 0 Å². The van der Waals surface area contributed by atoms with Gasteiger partial charge in [0.1, 0.15) is 11.6 Å². The summed E-state index contributed by atoms with van der Waals surface area (Å²) in [6.07, 6.45) is 0. The van der Waals surface area contributed by atoms with E-state index in [1.54, 1.807) is 33.7 Å². The first kappa shape index (κ1) is 29.1. The van der Waals surface area contributed by atoms with E-state index in [4.69, 9.17) is 23.2 Å². The summed E-state index contributed by atoms with van der Waals surface area (Å²) in [6.45, 7) is -0.115. The summed E-state index contributed by atoms with van der Waals surface area (Å²) in [5.74, 6) is -1.62. The monoisotopic (exact) mass is 606 g/mol. The summed E-state index contributed by atoms with van der Waals surface area (Å²) in [6, 6.07) is 9.64. The van der Waals surface area contributed by atoms with Gasteiger partial charge in [-0.25, -0.2) is 44.6 Å². The molecule has 4 N–H and O–H groups in total. The lowest BCUT2D eigenvalue weighted by molar-refractivity contribution is 0.244. The second-order valence-electron chi connectivity index (χ2n) is 7.54. The first-order valence-corrected chi connectivity index (χ1v) is 14.1. The van der Waals surface area contributed by atoms with Gasteiger partial charge in [-0.1, -0.05) is 47.5 Å². The van der Waals surface area contributed by atoms with Gasteiger partial charge in [-0.05, 0) is 47.5 Å². The number of urea groups is 2. The molecule has 0 unspecified atom stereocenters. The van der Waals surface area contributed by atoms with Crippen LogP contribution in [-0.4, -0.2) is 28.9 Å². The van der Waals surface area contributed by atoms with Crippen LogP contribution in [0.4, 0.5) is 18.4 Å². The zero-order chi connectivity index (χ0) is 28.1. The molecule has 0 fully saturated rings. The third-order valence-electron chi connectivity index (χ3n) is 4.79. The second kappa shape index (κ2) is 11.9.